The van der Waals surface area contributed by atoms with Crippen LogP contribution in [0.4, 0.5) is 0 Å². The summed E-state index contributed by atoms with van der Waals surface area (Å²) in [5.41, 5.74) is 6.83. The van der Waals surface area contributed by atoms with E-state index in [2.05, 4.69) is 19.1 Å². The quantitative estimate of drug-likeness (QED) is 0.906. The number of carbonyl (C=O) groups excluding carboxylic acids is 1. The number of likely N-dealkylation sites (N-methyl/N-ethyl adjacent to an activating group) is 1. The topological polar surface area (TPSA) is 55.6 Å². The number of halogens is 1. The molecule has 4 nitrogen and oxygen atoms in total. The predicted octanol–water partition coefficient (Wildman–Crippen LogP) is 2.18. The molecule has 1 aromatic carbocycles. The van der Waals surface area contributed by atoms with Gasteiger partial charge in [-0.25, -0.2) is 0 Å². The van der Waals surface area contributed by atoms with Gasteiger partial charge in [-0.15, -0.1) is 12.4 Å². The molecular weight excluding hydrogens is 288 g/mol. The summed E-state index contributed by atoms with van der Waals surface area (Å²) in [5.74, 6) is 0.389. The number of rotatable bonds is 5. The summed E-state index contributed by atoms with van der Waals surface area (Å²) in [6.07, 6.45) is 1.40. The van der Waals surface area contributed by atoms with Crippen molar-refractivity contribution < 1.29 is 9.53 Å². The van der Waals surface area contributed by atoms with E-state index in [1.165, 1.54) is 5.56 Å². The highest BCUT2D eigenvalue weighted by molar-refractivity contribution is 5.85. The molecule has 0 radical (unpaired) electrons. The van der Waals surface area contributed by atoms with E-state index in [-0.39, 0.29) is 30.5 Å². The Kier molecular flexibility index (Phi) is 7.15. The van der Waals surface area contributed by atoms with Gasteiger partial charge in [0.05, 0.1) is 6.10 Å². The van der Waals surface area contributed by atoms with Crippen LogP contribution in [0.2, 0.25) is 0 Å². The van der Waals surface area contributed by atoms with Crippen molar-refractivity contribution in [2.45, 2.75) is 37.9 Å². The van der Waals surface area contributed by atoms with E-state index in [4.69, 9.17) is 10.5 Å². The van der Waals surface area contributed by atoms with Gasteiger partial charge in [-0.3, -0.25) is 4.79 Å². The maximum Gasteiger partial charge on any atom is 0.251 e. The van der Waals surface area contributed by atoms with Gasteiger partial charge in [-0.2, -0.15) is 0 Å². The van der Waals surface area contributed by atoms with Crippen LogP contribution < -0.4 is 5.73 Å². The fourth-order valence-electron chi connectivity index (χ4n) is 2.69. The van der Waals surface area contributed by atoms with Crippen molar-refractivity contribution in [2.75, 3.05) is 20.1 Å². The van der Waals surface area contributed by atoms with E-state index in [9.17, 15) is 4.79 Å². The van der Waals surface area contributed by atoms with Crippen molar-refractivity contribution in [2.24, 2.45) is 5.73 Å². The molecule has 1 unspecified atom stereocenters. The molecule has 0 aromatic heterocycles. The molecule has 1 aliphatic rings. The summed E-state index contributed by atoms with van der Waals surface area (Å²) >= 11 is 0. The maximum atomic E-state index is 12.3. The van der Waals surface area contributed by atoms with Crippen LogP contribution in [0.1, 0.15) is 31.2 Å². The van der Waals surface area contributed by atoms with Crippen molar-refractivity contribution in [1.29, 1.82) is 0 Å². The van der Waals surface area contributed by atoms with Crippen LogP contribution in [0, 0.1) is 0 Å². The van der Waals surface area contributed by atoms with E-state index in [1.54, 1.807) is 4.90 Å². The van der Waals surface area contributed by atoms with Crippen LogP contribution in [0.15, 0.2) is 30.3 Å². The zero-order chi connectivity index (χ0) is 14.5. The molecule has 1 aliphatic heterocycles. The van der Waals surface area contributed by atoms with Crippen LogP contribution >= 0.6 is 12.4 Å². The van der Waals surface area contributed by atoms with E-state index in [0.717, 1.165) is 12.8 Å². The van der Waals surface area contributed by atoms with Gasteiger partial charge in [-0.1, -0.05) is 37.3 Å². The number of nitrogens with zero attached hydrogens (tertiary/aromatic N) is 1. The Morgan fingerprint density at radius 3 is 2.62 bits per heavy atom. The molecule has 1 heterocycles. The van der Waals surface area contributed by atoms with Gasteiger partial charge < -0.3 is 15.4 Å². The highest BCUT2D eigenvalue weighted by Gasteiger charge is 2.32. The fraction of sp³-hybridized carbons (Fsp3) is 0.562. The first-order valence-electron chi connectivity index (χ1n) is 7.27. The number of amides is 1. The lowest BCUT2D eigenvalue weighted by Gasteiger charge is -2.24. The van der Waals surface area contributed by atoms with Crippen LogP contribution in [-0.4, -0.2) is 43.2 Å². The highest BCUT2D eigenvalue weighted by Crippen LogP contribution is 2.22. The maximum absolute atomic E-state index is 12.3. The average molecular weight is 313 g/mol. The Hall–Kier alpha value is -1.10. The second-order valence-electron chi connectivity index (χ2n) is 5.59. The SMILES string of the molecule is CC(CN(C)C(=O)[C@@H]1CC[C@H](CN)O1)c1ccccc1.Cl. The molecule has 118 valence electrons. The predicted molar refractivity (Wildman–Crippen MR) is 86.7 cm³/mol. The zero-order valence-corrected chi connectivity index (χ0v) is 13.5. The molecule has 1 aromatic rings. The Morgan fingerprint density at radius 2 is 2.05 bits per heavy atom. The largest absolute Gasteiger partial charge is 0.364 e. The molecule has 0 spiro atoms. The Bertz CT molecular complexity index is 441. The molecular formula is C16H25ClN2O2. The Morgan fingerprint density at radius 1 is 1.38 bits per heavy atom. The molecule has 0 aliphatic carbocycles. The minimum atomic E-state index is -0.309. The summed E-state index contributed by atoms with van der Waals surface area (Å²) < 4.78 is 5.66. The molecule has 5 heteroatoms. The van der Waals surface area contributed by atoms with E-state index in [0.29, 0.717) is 19.0 Å². The van der Waals surface area contributed by atoms with E-state index in [1.807, 2.05) is 25.2 Å². The monoisotopic (exact) mass is 312 g/mol. The second-order valence-corrected chi connectivity index (χ2v) is 5.59. The molecule has 2 N–H and O–H groups in total. The van der Waals surface area contributed by atoms with Crippen LogP contribution in [0.25, 0.3) is 0 Å². The van der Waals surface area contributed by atoms with Gasteiger partial charge >= 0.3 is 0 Å². The lowest BCUT2D eigenvalue weighted by atomic mass is 10.0. The number of hydrogen-bond acceptors (Lipinski definition) is 3. The molecule has 1 saturated heterocycles. The minimum Gasteiger partial charge on any atom is -0.364 e. The van der Waals surface area contributed by atoms with Crippen molar-refractivity contribution in [3.63, 3.8) is 0 Å². The van der Waals surface area contributed by atoms with Crippen molar-refractivity contribution in [3.05, 3.63) is 35.9 Å². The van der Waals surface area contributed by atoms with Gasteiger partial charge in [0.2, 0.25) is 0 Å². The third kappa shape index (κ3) is 4.70. The molecule has 21 heavy (non-hydrogen) atoms. The first-order valence-corrected chi connectivity index (χ1v) is 7.27. The molecule has 0 bridgehead atoms. The first-order chi connectivity index (χ1) is 9.61. The molecule has 1 fully saturated rings. The summed E-state index contributed by atoms with van der Waals surface area (Å²) in [6.45, 7) is 3.33. The van der Waals surface area contributed by atoms with Gasteiger partial charge in [0.1, 0.15) is 6.10 Å². The van der Waals surface area contributed by atoms with E-state index >= 15 is 0 Å². The lowest BCUT2D eigenvalue weighted by Crippen LogP contribution is -2.38. The van der Waals surface area contributed by atoms with Crippen LogP contribution in [0.3, 0.4) is 0 Å². The van der Waals surface area contributed by atoms with Gasteiger partial charge in [0, 0.05) is 20.1 Å². The average Bonchev–Trinajstić information content (AvgIpc) is 2.96. The van der Waals surface area contributed by atoms with Gasteiger partial charge in [0.25, 0.3) is 5.91 Å². The third-order valence-corrected chi connectivity index (χ3v) is 3.94. The summed E-state index contributed by atoms with van der Waals surface area (Å²) in [5, 5.41) is 0. The van der Waals surface area contributed by atoms with Crippen LogP contribution in [-0.2, 0) is 9.53 Å². The van der Waals surface area contributed by atoms with Crippen molar-refractivity contribution in [1.82, 2.24) is 4.90 Å². The number of benzene rings is 1. The normalized spacial score (nSPS) is 22.4. The third-order valence-electron chi connectivity index (χ3n) is 3.94. The molecule has 1 amide bonds. The standard InChI is InChI=1S/C16H24N2O2.ClH/c1-12(13-6-4-3-5-7-13)11-18(2)16(19)15-9-8-14(10-17)20-15;/h3-7,12,14-15H,8-11,17H2,1-2H3;1H/t12?,14-,15+;/m1./s1. The summed E-state index contributed by atoms with van der Waals surface area (Å²) in [7, 11) is 1.85. The minimum absolute atomic E-state index is 0. The van der Waals surface area contributed by atoms with Crippen molar-refractivity contribution >= 4 is 18.3 Å². The molecule has 0 saturated carbocycles. The van der Waals surface area contributed by atoms with E-state index < -0.39 is 0 Å². The number of hydrogen-bond donors (Lipinski definition) is 1. The highest BCUT2D eigenvalue weighted by atomic mass is 35.5. The van der Waals surface area contributed by atoms with Crippen molar-refractivity contribution in [3.8, 4) is 0 Å². The summed E-state index contributed by atoms with van der Waals surface area (Å²) in [6, 6.07) is 10.3. The Labute approximate surface area is 133 Å². The second kappa shape index (κ2) is 8.37. The van der Waals surface area contributed by atoms with Gasteiger partial charge in [-0.05, 0) is 24.3 Å². The Balaban J connectivity index is 0.00000220. The fourth-order valence-corrected chi connectivity index (χ4v) is 2.69. The lowest BCUT2D eigenvalue weighted by molar-refractivity contribution is -0.141. The zero-order valence-electron chi connectivity index (χ0n) is 12.7. The molecule has 3 atom stereocenters. The molecule has 2 rings (SSSR count). The first kappa shape index (κ1) is 18.0. The summed E-state index contributed by atoms with van der Waals surface area (Å²) in [4.78, 5) is 14.1. The smallest absolute Gasteiger partial charge is 0.251 e. The number of carbonyl (C=O) groups is 1. The number of ether oxygens (including phenoxy) is 1. The number of nitrogens with two attached hydrogens (primary N) is 1. The van der Waals surface area contributed by atoms with Gasteiger partial charge in [0.15, 0.2) is 0 Å². The van der Waals surface area contributed by atoms with Crippen LogP contribution in [0.5, 0.6) is 0 Å².